The molecule has 0 radical (unpaired) electrons. The number of nitrogens with one attached hydrogen (secondary N) is 1. The summed E-state index contributed by atoms with van der Waals surface area (Å²) in [5.41, 5.74) is 0.489. The lowest BCUT2D eigenvalue weighted by atomic mass is 10.2. The molecule has 0 bridgehead atoms. The van der Waals surface area contributed by atoms with Gasteiger partial charge in [0.25, 0.3) is 0 Å². The minimum absolute atomic E-state index is 0.233. The Morgan fingerprint density at radius 1 is 1.15 bits per heavy atom. The Labute approximate surface area is 152 Å². The van der Waals surface area contributed by atoms with Gasteiger partial charge in [0, 0.05) is 0 Å². The number of rotatable bonds is 5. The van der Waals surface area contributed by atoms with Crippen LogP contribution in [0.15, 0.2) is 40.8 Å². The molecule has 2 aromatic carbocycles. The molecule has 0 aliphatic heterocycles. The van der Waals surface area contributed by atoms with E-state index in [-0.39, 0.29) is 12.3 Å². The molecule has 0 fully saturated rings. The summed E-state index contributed by atoms with van der Waals surface area (Å²) in [6.45, 7) is 1.63. The number of halogens is 3. The van der Waals surface area contributed by atoms with Gasteiger partial charge in [-0.2, -0.15) is 0 Å². The van der Waals surface area contributed by atoms with E-state index in [4.69, 9.17) is 9.15 Å². The van der Waals surface area contributed by atoms with Crippen LogP contribution >= 0.6 is 0 Å². The molecular weight excluding hydrogens is 361 g/mol. The van der Waals surface area contributed by atoms with Crippen LogP contribution in [0, 0.1) is 24.4 Å². The largest absolute Gasteiger partial charge is 0.496 e. The third-order valence-electron chi connectivity index (χ3n) is 3.87. The normalized spacial score (nSPS) is 10.7. The Morgan fingerprint density at radius 2 is 1.89 bits per heavy atom. The zero-order chi connectivity index (χ0) is 19.6. The zero-order valence-electron chi connectivity index (χ0n) is 14.5. The fourth-order valence-corrected chi connectivity index (χ4v) is 2.50. The van der Waals surface area contributed by atoms with Crippen molar-refractivity contribution in [3.05, 3.63) is 65.3 Å². The first-order chi connectivity index (χ1) is 12.9. The van der Waals surface area contributed by atoms with E-state index in [1.54, 1.807) is 31.2 Å². The number of hydrogen-bond acceptors (Lipinski definition) is 4. The molecule has 1 N–H and O–H groups in total. The summed E-state index contributed by atoms with van der Waals surface area (Å²) < 4.78 is 50.7. The fraction of sp³-hybridized carbons (Fsp3) is 0.158. The van der Waals surface area contributed by atoms with Gasteiger partial charge in [0.15, 0.2) is 17.5 Å². The molecule has 140 valence electrons. The van der Waals surface area contributed by atoms with Crippen molar-refractivity contribution < 1.29 is 27.1 Å². The van der Waals surface area contributed by atoms with Gasteiger partial charge in [0.1, 0.15) is 11.5 Å². The number of methoxy groups -OCH3 is 1. The van der Waals surface area contributed by atoms with Crippen LogP contribution in [0.1, 0.15) is 11.5 Å². The summed E-state index contributed by atoms with van der Waals surface area (Å²) >= 11 is 0. The van der Waals surface area contributed by atoms with E-state index in [1.807, 2.05) is 0 Å². The summed E-state index contributed by atoms with van der Waals surface area (Å²) in [6.07, 6.45) is -0.233. The van der Waals surface area contributed by atoms with Gasteiger partial charge in [-0.3, -0.25) is 4.79 Å². The maximum absolute atomic E-state index is 13.7. The molecule has 0 aliphatic rings. The molecule has 1 aromatic heterocycles. The van der Waals surface area contributed by atoms with Crippen LogP contribution in [0.4, 0.5) is 18.9 Å². The van der Waals surface area contributed by atoms with Crippen molar-refractivity contribution in [2.45, 2.75) is 13.3 Å². The number of oxazole rings is 1. The summed E-state index contributed by atoms with van der Waals surface area (Å²) in [6, 6.07) is 8.76. The number of nitrogens with zero attached hydrogens (tertiary/aromatic N) is 1. The number of para-hydroxylation sites is 1. The first-order valence-corrected chi connectivity index (χ1v) is 7.93. The number of ether oxygens (including phenoxy) is 1. The van der Waals surface area contributed by atoms with Crippen molar-refractivity contribution in [2.75, 3.05) is 12.4 Å². The molecule has 8 heteroatoms. The molecule has 0 aliphatic carbocycles. The molecule has 0 saturated carbocycles. The lowest BCUT2D eigenvalue weighted by Gasteiger charge is -2.06. The minimum Gasteiger partial charge on any atom is -0.496 e. The highest BCUT2D eigenvalue weighted by Gasteiger charge is 2.19. The first-order valence-electron chi connectivity index (χ1n) is 7.93. The predicted octanol–water partition coefficient (Wildman–Crippen LogP) is 4.26. The molecule has 5 nitrogen and oxygen atoms in total. The molecule has 1 heterocycles. The van der Waals surface area contributed by atoms with Crippen molar-refractivity contribution in [1.82, 2.24) is 4.98 Å². The topological polar surface area (TPSA) is 64.4 Å². The van der Waals surface area contributed by atoms with Crippen LogP contribution in [-0.2, 0) is 11.2 Å². The maximum atomic E-state index is 13.7. The van der Waals surface area contributed by atoms with E-state index < -0.39 is 29.0 Å². The monoisotopic (exact) mass is 376 g/mol. The number of carbonyl (C=O) groups is 1. The summed E-state index contributed by atoms with van der Waals surface area (Å²) in [7, 11) is 1.51. The minimum atomic E-state index is -1.65. The second kappa shape index (κ2) is 7.53. The number of amides is 1. The van der Waals surface area contributed by atoms with Crippen LogP contribution in [0.25, 0.3) is 11.5 Å². The second-order valence-electron chi connectivity index (χ2n) is 5.67. The number of aromatic nitrogens is 1. The average Bonchev–Trinajstić information content (AvgIpc) is 3.02. The van der Waals surface area contributed by atoms with E-state index >= 15 is 0 Å². The van der Waals surface area contributed by atoms with Crippen LogP contribution in [-0.4, -0.2) is 18.0 Å². The molecule has 3 aromatic rings. The Bertz CT molecular complexity index is 1000. The van der Waals surface area contributed by atoms with Crippen molar-refractivity contribution in [1.29, 1.82) is 0 Å². The molecule has 0 saturated heterocycles. The summed E-state index contributed by atoms with van der Waals surface area (Å²) in [4.78, 5) is 16.4. The highest BCUT2D eigenvalue weighted by atomic mass is 19.2. The SMILES string of the molecule is COc1ccccc1-c1nc(CC(=O)Nc2ccc(F)c(F)c2F)c(C)o1. The third kappa shape index (κ3) is 3.79. The van der Waals surface area contributed by atoms with Gasteiger partial charge in [-0.1, -0.05) is 12.1 Å². The fourth-order valence-electron chi connectivity index (χ4n) is 2.50. The zero-order valence-corrected chi connectivity index (χ0v) is 14.5. The van der Waals surface area contributed by atoms with Crippen LogP contribution < -0.4 is 10.1 Å². The highest BCUT2D eigenvalue weighted by Crippen LogP contribution is 2.30. The molecule has 0 spiro atoms. The average molecular weight is 376 g/mol. The Kier molecular flexibility index (Phi) is 5.16. The van der Waals surface area contributed by atoms with Gasteiger partial charge in [-0.15, -0.1) is 0 Å². The summed E-state index contributed by atoms with van der Waals surface area (Å²) in [5, 5.41) is 2.20. The number of aryl methyl sites for hydroxylation is 1. The van der Waals surface area contributed by atoms with Crippen LogP contribution in [0.5, 0.6) is 5.75 Å². The summed E-state index contributed by atoms with van der Waals surface area (Å²) in [5.74, 6) is -3.87. The molecule has 0 atom stereocenters. The van der Waals surface area contributed by atoms with Crippen molar-refractivity contribution in [3.63, 3.8) is 0 Å². The Balaban J connectivity index is 1.80. The van der Waals surface area contributed by atoms with E-state index in [9.17, 15) is 18.0 Å². The van der Waals surface area contributed by atoms with Gasteiger partial charge < -0.3 is 14.5 Å². The Hall–Kier alpha value is -3.29. The second-order valence-corrected chi connectivity index (χ2v) is 5.67. The molecule has 27 heavy (non-hydrogen) atoms. The maximum Gasteiger partial charge on any atom is 0.230 e. The molecular formula is C19H15F3N2O3. The quantitative estimate of drug-likeness (QED) is 0.676. The molecule has 3 rings (SSSR count). The van der Waals surface area contributed by atoms with Gasteiger partial charge >= 0.3 is 0 Å². The lowest BCUT2D eigenvalue weighted by Crippen LogP contribution is -2.16. The van der Waals surface area contributed by atoms with Gasteiger partial charge in [0.05, 0.1) is 30.5 Å². The standard InChI is InChI=1S/C19H15F3N2O3/c1-10-14(24-19(27-10)11-5-3-4-6-15(11)26-2)9-16(25)23-13-8-7-12(20)17(21)18(13)22/h3-8H,9H2,1-2H3,(H,23,25). The van der Waals surface area contributed by atoms with Crippen molar-refractivity contribution in [2.24, 2.45) is 0 Å². The van der Waals surface area contributed by atoms with Crippen molar-refractivity contribution in [3.8, 4) is 17.2 Å². The lowest BCUT2D eigenvalue weighted by molar-refractivity contribution is -0.115. The number of benzene rings is 2. The smallest absolute Gasteiger partial charge is 0.230 e. The number of carbonyl (C=O) groups excluding carboxylic acids is 1. The number of anilines is 1. The van der Waals surface area contributed by atoms with E-state index in [0.717, 1.165) is 12.1 Å². The predicted molar refractivity (Wildman–Crippen MR) is 91.9 cm³/mol. The molecule has 0 unspecified atom stereocenters. The van der Waals surface area contributed by atoms with Gasteiger partial charge in [-0.25, -0.2) is 18.2 Å². The molecule has 1 amide bonds. The third-order valence-corrected chi connectivity index (χ3v) is 3.87. The van der Waals surface area contributed by atoms with Crippen LogP contribution in [0.2, 0.25) is 0 Å². The van der Waals surface area contributed by atoms with Crippen LogP contribution in [0.3, 0.4) is 0 Å². The Morgan fingerprint density at radius 3 is 2.63 bits per heavy atom. The highest BCUT2D eigenvalue weighted by molar-refractivity contribution is 5.92. The van der Waals surface area contributed by atoms with E-state index in [2.05, 4.69) is 10.3 Å². The number of hydrogen-bond donors (Lipinski definition) is 1. The van der Waals surface area contributed by atoms with Gasteiger partial charge in [-0.05, 0) is 31.2 Å². The van der Waals surface area contributed by atoms with Gasteiger partial charge in [0.2, 0.25) is 11.8 Å². The first kappa shape index (κ1) is 18.5. The van der Waals surface area contributed by atoms with Crippen molar-refractivity contribution >= 4 is 11.6 Å². The van der Waals surface area contributed by atoms with E-state index in [0.29, 0.717) is 22.8 Å². The van der Waals surface area contributed by atoms with E-state index in [1.165, 1.54) is 7.11 Å².